The molecule has 0 fully saturated rings. The van der Waals surface area contributed by atoms with Crippen LogP contribution in [0.4, 0.5) is 13.2 Å². The fourth-order valence-corrected chi connectivity index (χ4v) is 2.58. The molecule has 0 aromatic heterocycles. The minimum absolute atomic E-state index is 0.0137. The van der Waals surface area contributed by atoms with Crippen LogP contribution in [0, 0.1) is 0 Å². The smallest absolute Gasteiger partial charge is 0.416 e. The second-order valence-electron chi connectivity index (χ2n) is 6.28. The summed E-state index contributed by atoms with van der Waals surface area (Å²) in [6.45, 7) is 7.07. The van der Waals surface area contributed by atoms with Gasteiger partial charge < -0.3 is 19.0 Å². The third-order valence-corrected chi connectivity index (χ3v) is 4.15. The van der Waals surface area contributed by atoms with Crippen LogP contribution in [0.5, 0.6) is 17.2 Å². The largest absolute Gasteiger partial charge is 0.478 e. The number of hydrogen-bond donors (Lipinski definition) is 0. The van der Waals surface area contributed by atoms with E-state index in [4.69, 9.17) is 30.6 Å². The molecule has 2 rings (SSSR count). The van der Waals surface area contributed by atoms with Crippen molar-refractivity contribution in [2.75, 3.05) is 13.2 Å². The van der Waals surface area contributed by atoms with Crippen LogP contribution < -0.4 is 9.47 Å². The van der Waals surface area contributed by atoms with Crippen molar-refractivity contribution >= 4 is 23.8 Å². The van der Waals surface area contributed by atoms with Crippen LogP contribution in [-0.2, 0) is 20.5 Å². The number of oxime groups is 1. The van der Waals surface area contributed by atoms with Gasteiger partial charge in [-0.15, -0.1) is 0 Å². The van der Waals surface area contributed by atoms with Gasteiger partial charge in [0.1, 0.15) is 23.9 Å². The number of nitrogens with zero attached hydrogens (tertiary/aromatic N) is 1. The Balaban J connectivity index is 2.31. The summed E-state index contributed by atoms with van der Waals surface area (Å²) < 4.78 is 54.7. The van der Waals surface area contributed by atoms with Crippen LogP contribution in [0.25, 0.3) is 0 Å². The first kappa shape index (κ1) is 25.1. The Bertz CT molecular complexity index is 979. The average molecular weight is 472 g/mol. The van der Waals surface area contributed by atoms with Crippen molar-refractivity contribution in [1.82, 2.24) is 0 Å². The molecule has 0 bridgehead atoms. The van der Waals surface area contributed by atoms with Crippen molar-refractivity contribution in [2.24, 2.45) is 5.16 Å². The molecule has 0 aliphatic carbocycles. The first-order chi connectivity index (χ1) is 15.2. The van der Waals surface area contributed by atoms with Crippen molar-refractivity contribution in [3.63, 3.8) is 0 Å². The Morgan fingerprint density at radius 2 is 1.97 bits per heavy atom. The maximum absolute atomic E-state index is 12.8. The Morgan fingerprint density at radius 1 is 1.22 bits per heavy atom. The molecule has 2 aromatic carbocycles. The first-order valence-electron chi connectivity index (χ1n) is 9.43. The van der Waals surface area contributed by atoms with E-state index in [0.717, 1.165) is 18.2 Å². The summed E-state index contributed by atoms with van der Waals surface area (Å²) in [6, 6.07) is 7.30. The van der Waals surface area contributed by atoms with Gasteiger partial charge in [0.05, 0.1) is 23.4 Å². The molecule has 0 aliphatic heterocycles. The van der Waals surface area contributed by atoms with E-state index in [0.29, 0.717) is 5.56 Å². The SMILES string of the molecule is C=CCON=Cc1ccc(Oc2ccc(C(F)(F)F)cc2Cl)cc1OC(C)C(=O)OCC. The number of ether oxygens (including phenoxy) is 3. The molecular weight excluding hydrogens is 451 g/mol. The van der Waals surface area contributed by atoms with Crippen LogP contribution in [0.15, 0.2) is 54.2 Å². The molecule has 2 aromatic rings. The Hall–Kier alpha value is -3.20. The van der Waals surface area contributed by atoms with E-state index in [-0.39, 0.29) is 35.5 Å². The number of hydrogen-bond acceptors (Lipinski definition) is 6. The maximum atomic E-state index is 12.8. The molecule has 0 aliphatic rings. The van der Waals surface area contributed by atoms with Gasteiger partial charge in [0.2, 0.25) is 0 Å². The zero-order chi connectivity index (χ0) is 23.7. The summed E-state index contributed by atoms with van der Waals surface area (Å²) in [7, 11) is 0. The molecule has 172 valence electrons. The highest BCUT2D eigenvalue weighted by molar-refractivity contribution is 6.32. The molecule has 0 spiro atoms. The number of rotatable bonds is 10. The lowest BCUT2D eigenvalue weighted by atomic mass is 10.2. The fraction of sp³-hybridized carbons (Fsp3) is 0.273. The van der Waals surface area contributed by atoms with Crippen molar-refractivity contribution in [3.05, 3.63) is 65.2 Å². The van der Waals surface area contributed by atoms with Crippen LogP contribution >= 0.6 is 11.6 Å². The van der Waals surface area contributed by atoms with E-state index in [1.54, 1.807) is 13.0 Å². The minimum atomic E-state index is -4.53. The fourth-order valence-electron chi connectivity index (χ4n) is 2.36. The predicted molar refractivity (Wildman–Crippen MR) is 113 cm³/mol. The van der Waals surface area contributed by atoms with E-state index in [9.17, 15) is 18.0 Å². The van der Waals surface area contributed by atoms with E-state index in [1.165, 1.54) is 31.3 Å². The second-order valence-corrected chi connectivity index (χ2v) is 6.68. The monoisotopic (exact) mass is 471 g/mol. The third-order valence-electron chi connectivity index (χ3n) is 3.85. The molecule has 1 unspecified atom stereocenters. The van der Waals surface area contributed by atoms with Gasteiger partial charge in [-0.25, -0.2) is 4.79 Å². The van der Waals surface area contributed by atoms with Crippen molar-refractivity contribution < 1.29 is 37.0 Å². The number of benzene rings is 2. The number of esters is 1. The third kappa shape index (κ3) is 7.19. The molecule has 0 radical (unpaired) electrons. The van der Waals surface area contributed by atoms with Crippen molar-refractivity contribution in [2.45, 2.75) is 26.1 Å². The molecule has 10 heteroatoms. The number of halogens is 4. The molecule has 0 N–H and O–H groups in total. The van der Waals surface area contributed by atoms with Gasteiger partial charge >= 0.3 is 12.1 Å². The van der Waals surface area contributed by atoms with E-state index < -0.39 is 23.8 Å². The normalized spacial score (nSPS) is 12.3. The van der Waals surface area contributed by atoms with Crippen LogP contribution in [0.2, 0.25) is 5.02 Å². The molecule has 0 saturated carbocycles. The van der Waals surface area contributed by atoms with Crippen LogP contribution in [-0.4, -0.2) is 31.5 Å². The van der Waals surface area contributed by atoms with Crippen molar-refractivity contribution in [3.8, 4) is 17.2 Å². The lowest BCUT2D eigenvalue weighted by Gasteiger charge is -2.16. The first-order valence-corrected chi connectivity index (χ1v) is 9.81. The molecule has 32 heavy (non-hydrogen) atoms. The highest BCUT2D eigenvalue weighted by Gasteiger charge is 2.31. The van der Waals surface area contributed by atoms with Gasteiger partial charge in [-0.05, 0) is 44.2 Å². The molecule has 1 atom stereocenters. The van der Waals surface area contributed by atoms with Gasteiger partial charge in [-0.2, -0.15) is 13.2 Å². The molecule has 0 heterocycles. The number of carbonyl (C=O) groups excluding carboxylic acids is 1. The van der Waals surface area contributed by atoms with Gasteiger partial charge in [0.15, 0.2) is 6.10 Å². The quantitative estimate of drug-likeness (QED) is 0.139. The minimum Gasteiger partial charge on any atom is -0.478 e. The topological polar surface area (TPSA) is 66.3 Å². The van der Waals surface area contributed by atoms with Gasteiger partial charge in [-0.3, -0.25) is 0 Å². The molecular formula is C22H21ClF3NO5. The standard InChI is InChI=1S/C22H21ClF3NO5/c1-4-10-30-27-13-15-6-8-17(12-20(15)31-14(3)21(28)29-5-2)32-19-9-7-16(11-18(19)23)22(24,25)26/h4,6-9,11-14H,1,5,10H2,2-3H3. The zero-order valence-corrected chi connectivity index (χ0v) is 18.1. The summed E-state index contributed by atoms with van der Waals surface area (Å²) in [5.74, 6) is -0.144. The highest BCUT2D eigenvalue weighted by atomic mass is 35.5. The summed E-state index contributed by atoms with van der Waals surface area (Å²) in [4.78, 5) is 16.9. The summed E-state index contributed by atoms with van der Waals surface area (Å²) in [5.41, 5.74) is -0.440. The summed E-state index contributed by atoms with van der Waals surface area (Å²) >= 11 is 5.95. The highest BCUT2D eigenvalue weighted by Crippen LogP contribution is 2.37. The van der Waals surface area contributed by atoms with Gasteiger partial charge in [0, 0.05) is 11.6 Å². The second kappa shape index (κ2) is 11.4. The summed E-state index contributed by atoms with van der Waals surface area (Å²) in [5, 5.41) is 3.56. The summed E-state index contributed by atoms with van der Waals surface area (Å²) in [6.07, 6.45) is -2.59. The lowest BCUT2D eigenvalue weighted by molar-refractivity contribution is -0.150. The van der Waals surface area contributed by atoms with Crippen molar-refractivity contribution in [1.29, 1.82) is 0 Å². The van der Waals surface area contributed by atoms with E-state index in [2.05, 4.69) is 11.7 Å². The number of carbonyl (C=O) groups is 1. The van der Waals surface area contributed by atoms with Crippen LogP contribution in [0.1, 0.15) is 25.0 Å². The maximum Gasteiger partial charge on any atom is 0.416 e. The van der Waals surface area contributed by atoms with E-state index >= 15 is 0 Å². The molecule has 0 saturated heterocycles. The Morgan fingerprint density at radius 3 is 2.59 bits per heavy atom. The van der Waals surface area contributed by atoms with Gasteiger partial charge in [-0.1, -0.05) is 29.4 Å². The lowest BCUT2D eigenvalue weighted by Crippen LogP contribution is -2.26. The van der Waals surface area contributed by atoms with Crippen LogP contribution in [0.3, 0.4) is 0 Å². The molecule has 0 amide bonds. The average Bonchev–Trinajstić information content (AvgIpc) is 2.73. The molecule has 6 nitrogen and oxygen atoms in total. The Labute approximate surface area is 188 Å². The Kier molecular flexibility index (Phi) is 8.95. The van der Waals surface area contributed by atoms with E-state index in [1.807, 2.05) is 0 Å². The zero-order valence-electron chi connectivity index (χ0n) is 17.3. The number of alkyl halides is 3. The van der Waals surface area contributed by atoms with Gasteiger partial charge in [0.25, 0.3) is 0 Å². The predicted octanol–water partition coefficient (Wildman–Crippen LogP) is 6.02.